The van der Waals surface area contributed by atoms with E-state index in [2.05, 4.69) is 47.7 Å². The lowest BCUT2D eigenvalue weighted by Crippen LogP contribution is -2.33. The molecule has 3 rings (SSSR count). The molecule has 0 aromatic carbocycles. The minimum absolute atomic E-state index is 0.518. The molecule has 1 aliphatic rings. The van der Waals surface area contributed by atoms with Gasteiger partial charge < -0.3 is 4.40 Å². The van der Waals surface area contributed by atoms with Crippen LogP contribution in [-0.4, -0.2) is 27.4 Å². The average Bonchev–Trinajstić information content (AvgIpc) is 2.81. The molecule has 2 aromatic rings. The van der Waals surface area contributed by atoms with Crippen molar-refractivity contribution >= 4 is 5.65 Å². The summed E-state index contributed by atoms with van der Waals surface area (Å²) in [6.07, 6.45) is 8.22. The quantitative estimate of drug-likeness (QED) is 0.807. The summed E-state index contributed by atoms with van der Waals surface area (Å²) in [6.45, 7) is 6.71. The molecule has 1 saturated heterocycles. The predicted molar refractivity (Wildman–Crippen MR) is 73.8 cm³/mol. The van der Waals surface area contributed by atoms with Crippen molar-refractivity contribution in [2.75, 3.05) is 13.1 Å². The molecule has 0 N–H and O–H groups in total. The smallest absolute Gasteiger partial charge is 0.137 e. The van der Waals surface area contributed by atoms with Crippen LogP contribution in [-0.2, 0) is 0 Å². The Labute approximate surface area is 108 Å². The number of aromatic nitrogens is 2. The van der Waals surface area contributed by atoms with Gasteiger partial charge in [0.2, 0.25) is 0 Å². The Balaban J connectivity index is 1.97. The zero-order valence-corrected chi connectivity index (χ0v) is 11.3. The minimum atomic E-state index is 0.518. The minimum Gasteiger partial charge on any atom is -0.307 e. The first-order chi connectivity index (χ1) is 8.78. The molecule has 0 amide bonds. The van der Waals surface area contributed by atoms with Crippen molar-refractivity contribution in [3.63, 3.8) is 0 Å². The summed E-state index contributed by atoms with van der Waals surface area (Å²) in [6, 6.07) is 4.81. The van der Waals surface area contributed by atoms with E-state index in [1.807, 2.05) is 0 Å². The Kier molecular flexibility index (Phi) is 3.08. The van der Waals surface area contributed by atoms with Gasteiger partial charge in [-0.05, 0) is 50.6 Å². The van der Waals surface area contributed by atoms with E-state index in [0.29, 0.717) is 6.04 Å². The molecular weight excluding hydrogens is 222 g/mol. The molecule has 0 saturated carbocycles. The first kappa shape index (κ1) is 11.7. The molecule has 18 heavy (non-hydrogen) atoms. The number of rotatable bonds is 2. The molecule has 1 aliphatic heterocycles. The van der Waals surface area contributed by atoms with Gasteiger partial charge in [0.1, 0.15) is 5.65 Å². The maximum absolute atomic E-state index is 4.82. The summed E-state index contributed by atoms with van der Waals surface area (Å²) >= 11 is 0. The first-order valence-electron chi connectivity index (χ1n) is 6.97. The van der Waals surface area contributed by atoms with Crippen molar-refractivity contribution in [2.24, 2.45) is 0 Å². The number of piperidine rings is 1. The topological polar surface area (TPSA) is 20.5 Å². The standard InChI is InChI=1S/C15H21N3/c1-3-17-8-5-4-6-14(17)13-11-18-9-7-12(2)10-15(18)16-13/h7,9-11,14H,3-6,8H2,1-2H3. The molecule has 0 bridgehead atoms. The largest absolute Gasteiger partial charge is 0.307 e. The highest BCUT2D eigenvalue weighted by atomic mass is 15.2. The molecule has 2 aromatic heterocycles. The van der Waals surface area contributed by atoms with E-state index >= 15 is 0 Å². The van der Waals surface area contributed by atoms with Crippen LogP contribution in [0, 0.1) is 6.92 Å². The molecule has 0 aliphatic carbocycles. The van der Waals surface area contributed by atoms with Crippen molar-refractivity contribution in [3.8, 4) is 0 Å². The molecule has 0 radical (unpaired) electrons. The van der Waals surface area contributed by atoms with Crippen molar-refractivity contribution in [1.29, 1.82) is 0 Å². The Bertz CT molecular complexity index is 544. The van der Waals surface area contributed by atoms with Crippen LogP contribution in [0.5, 0.6) is 0 Å². The highest BCUT2D eigenvalue weighted by Gasteiger charge is 2.24. The van der Waals surface area contributed by atoms with Gasteiger partial charge >= 0.3 is 0 Å². The van der Waals surface area contributed by atoms with E-state index in [-0.39, 0.29) is 0 Å². The van der Waals surface area contributed by atoms with E-state index < -0.39 is 0 Å². The van der Waals surface area contributed by atoms with Gasteiger partial charge in [-0.2, -0.15) is 0 Å². The highest BCUT2D eigenvalue weighted by molar-refractivity contribution is 5.43. The maximum atomic E-state index is 4.82. The van der Waals surface area contributed by atoms with Crippen molar-refractivity contribution in [3.05, 3.63) is 35.8 Å². The lowest BCUT2D eigenvalue weighted by Gasteiger charge is -2.33. The Morgan fingerprint density at radius 1 is 1.39 bits per heavy atom. The number of likely N-dealkylation sites (tertiary alicyclic amines) is 1. The van der Waals surface area contributed by atoms with Crippen molar-refractivity contribution < 1.29 is 0 Å². The predicted octanol–water partition coefficient (Wildman–Crippen LogP) is 3.19. The monoisotopic (exact) mass is 243 g/mol. The van der Waals surface area contributed by atoms with Gasteiger partial charge in [-0.1, -0.05) is 13.3 Å². The zero-order valence-electron chi connectivity index (χ0n) is 11.3. The molecular formula is C15H21N3. The normalized spacial score (nSPS) is 21.6. The number of pyridine rings is 1. The summed E-state index contributed by atoms with van der Waals surface area (Å²) in [5.74, 6) is 0. The van der Waals surface area contributed by atoms with Gasteiger partial charge in [0.05, 0.1) is 11.7 Å². The SMILES string of the molecule is CCN1CCCCC1c1cn2ccc(C)cc2n1. The first-order valence-corrected chi connectivity index (χ1v) is 6.97. The number of hydrogen-bond donors (Lipinski definition) is 0. The van der Waals surface area contributed by atoms with Crippen molar-refractivity contribution in [2.45, 2.75) is 39.2 Å². The lowest BCUT2D eigenvalue weighted by atomic mass is 10.00. The van der Waals surface area contributed by atoms with E-state index in [4.69, 9.17) is 4.98 Å². The third kappa shape index (κ3) is 2.03. The average molecular weight is 243 g/mol. The van der Waals surface area contributed by atoms with E-state index in [1.54, 1.807) is 0 Å². The number of nitrogens with zero attached hydrogens (tertiary/aromatic N) is 3. The van der Waals surface area contributed by atoms with Gasteiger partial charge in [-0.3, -0.25) is 4.90 Å². The van der Waals surface area contributed by atoms with Crippen LogP contribution in [0.4, 0.5) is 0 Å². The summed E-state index contributed by atoms with van der Waals surface area (Å²) in [4.78, 5) is 7.37. The van der Waals surface area contributed by atoms with Crippen LogP contribution < -0.4 is 0 Å². The summed E-state index contributed by atoms with van der Waals surface area (Å²) in [5, 5.41) is 0. The van der Waals surface area contributed by atoms with Gasteiger partial charge in [0.25, 0.3) is 0 Å². The van der Waals surface area contributed by atoms with Crippen LogP contribution in [0.25, 0.3) is 5.65 Å². The molecule has 1 unspecified atom stereocenters. The number of hydrogen-bond acceptors (Lipinski definition) is 2. The van der Waals surface area contributed by atoms with Crippen molar-refractivity contribution in [1.82, 2.24) is 14.3 Å². The van der Waals surface area contributed by atoms with Gasteiger partial charge in [-0.15, -0.1) is 0 Å². The summed E-state index contributed by atoms with van der Waals surface area (Å²) < 4.78 is 2.14. The maximum Gasteiger partial charge on any atom is 0.137 e. The Hall–Kier alpha value is -1.35. The van der Waals surface area contributed by atoms with Crippen LogP contribution in [0.3, 0.4) is 0 Å². The van der Waals surface area contributed by atoms with Crippen LogP contribution >= 0.6 is 0 Å². The van der Waals surface area contributed by atoms with E-state index in [9.17, 15) is 0 Å². The molecule has 3 nitrogen and oxygen atoms in total. The van der Waals surface area contributed by atoms with Crippen LogP contribution in [0.15, 0.2) is 24.5 Å². The number of fused-ring (bicyclic) bond motifs is 1. The second kappa shape index (κ2) is 4.73. The Morgan fingerprint density at radius 3 is 3.11 bits per heavy atom. The highest BCUT2D eigenvalue weighted by Crippen LogP contribution is 2.30. The van der Waals surface area contributed by atoms with Crippen LogP contribution in [0.1, 0.15) is 43.5 Å². The molecule has 96 valence electrons. The summed E-state index contributed by atoms with van der Waals surface area (Å²) in [7, 11) is 0. The molecule has 0 spiro atoms. The molecule has 3 heterocycles. The molecule has 1 atom stereocenters. The fourth-order valence-corrected chi connectivity index (χ4v) is 2.97. The fraction of sp³-hybridized carbons (Fsp3) is 0.533. The number of imidazole rings is 1. The third-order valence-corrected chi connectivity index (χ3v) is 4.00. The fourth-order valence-electron chi connectivity index (χ4n) is 2.97. The Morgan fingerprint density at radius 2 is 2.28 bits per heavy atom. The molecule has 3 heteroatoms. The third-order valence-electron chi connectivity index (χ3n) is 4.00. The zero-order chi connectivity index (χ0) is 12.5. The number of aryl methyl sites for hydroxylation is 1. The second-order valence-electron chi connectivity index (χ2n) is 5.28. The van der Waals surface area contributed by atoms with Gasteiger partial charge in [0, 0.05) is 12.4 Å². The summed E-state index contributed by atoms with van der Waals surface area (Å²) in [5.41, 5.74) is 3.59. The van der Waals surface area contributed by atoms with Gasteiger partial charge in [0.15, 0.2) is 0 Å². The molecule has 1 fully saturated rings. The lowest BCUT2D eigenvalue weighted by molar-refractivity contribution is 0.154. The van der Waals surface area contributed by atoms with E-state index in [0.717, 1.165) is 12.2 Å². The van der Waals surface area contributed by atoms with Crippen LogP contribution in [0.2, 0.25) is 0 Å². The second-order valence-corrected chi connectivity index (χ2v) is 5.28. The van der Waals surface area contributed by atoms with Gasteiger partial charge in [-0.25, -0.2) is 4.98 Å². The van der Waals surface area contributed by atoms with E-state index in [1.165, 1.54) is 37.1 Å².